The molecule has 0 spiro atoms. The summed E-state index contributed by atoms with van der Waals surface area (Å²) in [5.41, 5.74) is 0. The highest BCUT2D eigenvalue weighted by Crippen LogP contribution is 2.43. The first-order valence-electron chi connectivity index (χ1n) is 5.31. The van der Waals surface area contributed by atoms with Gasteiger partial charge in [-0.25, -0.2) is 0 Å². The fraction of sp³-hybridized carbons (Fsp3) is 0.500. The molecule has 0 fully saturated rings. The van der Waals surface area contributed by atoms with Crippen molar-refractivity contribution in [2.45, 2.75) is 20.8 Å². The highest BCUT2D eigenvalue weighted by atomic mass is 16.6. The molecule has 0 bridgehead atoms. The van der Waals surface area contributed by atoms with Crippen molar-refractivity contribution in [3.8, 4) is 11.5 Å². The molecule has 2 nitrogen and oxygen atoms in total. The van der Waals surface area contributed by atoms with Gasteiger partial charge in [0.2, 0.25) is 0 Å². The molecule has 1 aliphatic rings. The van der Waals surface area contributed by atoms with E-state index >= 15 is 0 Å². The fourth-order valence-corrected chi connectivity index (χ4v) is 1.28. The number of hydrogen-bond acceptors (Lipinski definition) is 2. The Hall–Kier alpha value is -1.02. The lowest BCUT2D eigenvalue weighted by atomic mass is 10.4. The van der Waals surface area contributed by atoms with Crippen LogP contribution in [0.15, 0.2) is 24.3 Å². The molecule has 0 atom stereocenters. The Morgan fingerprint density at radius 2 is 1.36 bits per heavy atom. The summed E-state index contributed by atoms with van der Waals surface area (Å²) in [6.07, 6.45) is 0. The van der Waals surface area contributed by atoms with E-state index in [0.717, 1.165) is 11.5 Å². The number of benzene rings is 1. The molecule has 14 heavy (non-hydrogen) atoms. The smallest absolute Gasteiger partial charge is 0.170 e. The van der Waals surface area contributed by atoms with Crippen molar-refractivity contribution in [3.63, 3.8) is 0 Å². The molecule has 78 valence electrons. The van der Waals surface area contributed by atoms with Gasteiger partial charge >= 0.3 is 0 Å². The quantitative estimate of drug-likeness (QED) is 0.696. The van der Waals surface area contributed by atoms with E-state index in [9.17, 15) is 0 Å². The van der Waals surface area contributed by atoms with E-state index in [-0.39, 0.29) is 0 Å². The van der Waals surface area contributed by atoms with Crippen molar-refractivity contribution in [3.05, 3.63) is 24.3 Å². The summed E-state index contributed by atoms with van der Waals surface area (Å²) in [4.78, 5) is 2.38. The molecule has 2 heteroatoms. The van der Waals surface area contributed by atoms with Crippen LogP contribution in [0.5, 0.6) is 11.5 Å². The summed E-state index contributed by atoms with van der Waals surface area (Å²) < 4.78 is 4.94. The van der Waals surface area contributed by atoms with Crippen LogP contribution in [0.25, 0.3) is 0 Å². The van der Waals surface area contributed by atoms with Gasteiger partial charge in [-0.05, 0) is 31.8 Å². The molecular formula is C12H19NO. The van der Waals surface area contributed by atoms with Crippen LogP contribution in [-0.2, 0) is 0 Å². The maximum atomic E-state index is 4.94. The van der Waals surface area contributed by atoms with Gasteiger partial charge in [-0.2, -0.15) is 0 Å². The molecule has 0 aromatic heterocycles. The molecule has 1 aromatic rings. The summed E-state index contributed by atoms with van der Waals surface area (Å²) in [5, 5.41) is 0. The van der Waals surface area contributed by atoms with Crippen molar-refractivity contribution < 1.29 is 4.74 Å². The van der Waals surface area contributed by atoms with Crippen LogP contribution in [0.1, 0.15) is 20.8 Å². The number of nitrogens with zero attached hydrogens (tertiary/aromatic N) is 1. The minimum atomic E-state index is 1.03. The van der Waals surface area contributed by atoms with Crippen LogP contribution in [-0.4, -0.2) is 24.5 Å². The standard InChI is InChI=1S/C6H15N.C6H4O/c1-4-7(5-2)6-3;1-2-4-6-5(3-1)7-6/h4-6H2,1-3H3;1-4H. The molecule has 2 rings (SSSR count). The van der Waals surface area contributed by atoms with Crippen LogP contribution in [0.3, 0.4) is 0 Å². The lowest BCUT2D eigenvalue weighted by molar-refractivity contribution is 0.321. The number of rotatable bonds is 3. The number of fused-ring (bicyclic) bond motifs is 1. The summed E-state index contributed by atoms with van der Waals surface area (Å²) in [7, 11) is 0. The predicted molar refractivity (Wildman–Crippen MR) is 60.0 cm³/mol. The van der Waals surface area contributed by atoms with Crippen molar-refractivity contribution in [2.75, 3.05) is 19.6 Å². The third-order valence-electron chi connectivity index (χ3n) is 2.37. The van der Waals surface area contributed by atoms with Gasteiger partial charge in [0.05, 0.1) is 0 Å². The number of para-hydroxylation sites is 2. The van der Waals surface area contributed by atoms with Crippen LogP contribution in [0.2, 0.25) is 0 Å². The van der Waals surface area contributed by atoms with Crippen molar-refractivity contribution in [2.24, 2.45) is 0 Å². The fourth-order valence-electron chi connectivity index (χ4n) is 1.28. The molecule has 1 aromatic carbocycles. The second kappa shape index (κ2) is 5.66. The number of hydrogen-bond donors (Lipinski definition) is 0. The van der Waals surface area contributed by atoms with Crippen LogP contribution < -0.4 is 4.74 Å². The van der Waals surface area contributed by atoms with Gasteiger partial charge in [0.25, 0.3) is 0 Å². The second-order valence-corrected chi connectivity index (χ2v) is 3.17. The third kappa shape index (κ3) is 3.38. The van der Waals surface area contributed by atoms with E-state index in [1.165, 1.54) is 19.6 Å². The zero-order chi connectivity index (χ0) is 10.4. The average molecular weight is 193 g/mol. The Morgan fingerprint density at radius 1 is 0.929 bits per heavy atom. The highest BCUT2D eigenvalue weighted by molar-refractivity contribution is 5.53. The first-order valence-corrected chi connectivity index (χ1v) is 5.31. The van der Waals surface area contributed by atoms with Gasteiger partial charge in [-0.15, -0.1) is 0 Å². The highest BCUT2D eigenvalue weighted by Gasteiger charge is 2.15. The summed E-state index contributed by atoms with van der Waals surface area (Å²) in [6, 6.07) is 7.84. The van der Waals surface area contributed by atoms with Gasteiger partial charge in [-0.1, -0.05) is 32.9 Å². The van der Waals surface area contributed by atoms with Crippen molar-refractivity contribution in [1.82, 2.24) is 4.90 Å². The minimum Gasteiger partial charge on any atom is -0.450 e. The largest absolute Gasteiger partial charge is 0.450 e. The van der Waals surface area contributed by atoms with Crippen molar-refractivity contribution >= 4 is 0 Å². The Bertz CT molecular complexity index is 242. The lowest BCUT2D eigenvalue weighted by Gasteiger charge is -2.13. The molecule has 0 N–H and O–H groups in total. The van der Waals surface area contributed by atoms with Crippen LogP contribution >= 0.6 is 0 Å². The predicted octanol–water partition coefficient (Wildman–Crippen LogP) is 3.14. The summed E-state index contributed by atoms with van der Waals surface area (Å²) in [6.45, 7) is 10.1. The zero-order valence-electron chi connectivity index (χ0n) is 9.29. The SMILES string of the molecule is CCN(CC)CC.c1ccc2c(c1)O2. The first kappa shape index (κ1) is 11.1. The average Bonchev–Trinajstić information content (AvgIpc) is 3.00. The normalized spacial score (nSPS) is 11.1. The third-order valence-corrected chi connectivity index (χ3v) is 2.37. The van der Waals surface area contributed by atoms with Crippen molar-refractivity contribution in [1.29, 1.82) is 0 Å². The molecule has 1 aliphatic heterocycles. The van der Waals surface area contributed by atoms with E-state index in [1.54, 1.807) is 0 Å². The monoisotopic (exact) mass is 193 g/mol. The minimum absolute atomic E-state index is 1.03. The Balaban J connectivity index is 0.000000140. The topological polar surface area (TPSA) is 15.8 Å². The van der Waals surface area contributed by atoms with Gasteiger partial charge in [0.1, 0.15) is 0 Å². The van der Waals surface area contributed by atoms with Gasteiger partial charge < -0.3 is 9.64 Å². The first-order chi connectivity index (χ1) is 6.81. The molecule has 0 saturated heterocycles. The zero-order valence-corrected chi connectivity index (χ0v) is 9.29. The van der Waals surface area contributed by atoms with Gasteiger partial charge in [0, 0.05) is 0 Å². The molecule has 0 saturated carbocycles. The molecule has 1 heterocycles. The summed E-state index contributed by atoms with van der Waals surface area (Å²) >= 11 is 0. The van der Waals surface area contributed by atoms with Gasteiger partial charge in [-0.3, -0.25) is 0 Å². The maximum absolute atomic E-state index is 4.94. The number of ether oxygens (including phenoxy) is 1. The Labute approximate surface area is 86.5 Å². The van der Waals surface area contributed by atoms with Gasteiger partial charge in [0.15, 0.2) is 11.5 Å². The molecule has 0 radical (unpaired) electrons. The van der Waals surface area contributed by atoms with Crippen LogP contribution in [0, 0.1) is 0 Å². The second-order valence-electron chi connectivity index (χ2n) is 3.17. The molecule has 0 aliphatic carbocycles. The molecular weight excluding hydrogens is 174 g/mol. The van der Waals surface area contributed by atoms with E-state index in [4.69, 9.17) is 4.74 Å². The Morgan fingerprint density at radius 3 is 1.57 bits per heavy atom. The van der Waals surface area contributed by atoms with E-state index in [2.05, 4.69) is 25.7 Å². The molecule has 0 amide bonds. The van der Waals surface area contributed by atoms with E-state index < -0.39 is 0 Å². The molecule has 0 unspecified atom stereocenters. The van der Waals surface area contributed by atoms with Crippen LogP contribution in [0.4, 0.5) is 0 Å². The Kier molecular flexibility index (Phi) is 4.47. The maximum Gasteiger partial charge on any atom is 0.170 e. The lowest BCUT2D eigenvalue weighted by Crippen LogP contribution is -2.21. The van der Waals surface area contributed by atoms with E-state index in [0.29, 0.717) is 0 Å². The summed E-state index contributed by atoms with van der Waals surface area (Å²) in [5.74, 6) is 2.06. The van der Waals surface area contributed by atoms with E-state index in [1.807, 2.05) is 24.3 Å².